The molecule has 2 rings (SSSR count). The Morgan fingerprint density at radius 3 is 2.71 bits per heavy atom. The smallest absolute Gasteiger partial charge is 0.158 e. The third-order valence-corrected chi connectivity index (χ3v) is 3.42. The minimum absolute atomic E-state index is 0.0824. The normalized spacial score (nSPS) is 16.7. The van der Waals surface area contributed by atoms with E-state index in [1.54, 1.807) is 13.3 Å². The number of aromatic nitrogens is 1. The molecule has 0 spiro atoms. The van der Waals surface area contributed by atoms with Crippen LogP contribution in [0.1, 0.15) is 29.7 Å². The van der Waals surface area contributed by atoms with Crippen molar-refractivity contribution in [3.05, 3.63) is 23.0 Å². The number of ether oxygens (including phenoxy) is 1. The predicted molar refractivity (Wildman–Crippen MR) is 65.1 cm³/mol. The average Bonchev–Trinajstić information content (AvgIpc) is 3.03. The second-order valence-corrected chi connectivity index (χ2v) is 4.80. The van der Waals surface area contributed by atoms with Crippen LogP contribution in [-0.2, 0) is 11.2 Å². The first-order valence-electron chi connectivity index (χ1n) is 5.79. The molecule has 92 valence electrons. The summed E-state index contributed by atoms with van der Waals surface area (Å²) < 4.78 is 5.32. The SMILES string of the molecule is COc1c(C)cnc(CC(=O)C2(N)CC2)c1C. The average molecular weight is 234 g/mol. The van der Waals surface area contributed by atoms with E-state index < -0.39 is 5.54 Å². The predicted octanol–water partition coefficient (Wildman–Crippen LogP) is 1.31. The summed E-state index contributed by atoms with van der Waals surface area (Å²) in [5.74, 6) is 0.892. The number of methoxy groups -OCH3 is 1. The molecule has 1 aromatic rings. The van der Waals surface area contributed by atoms with E-state index in [2.05, 4.69) is 4.98 Å². The molecule has 4 nitrogen and oxygen atoms in total. The van der Waals surface area contributed by atoms with Crippen molar-refractivity contribution >= 4 is 5.78 Å². The molecule has 0 amide bonds. The van der Waals surface area contributed by atoms with Crippen LogP contribution in [0.25, 0.3) is 0 Å². The number of carbonyl (C=O) groups excluding carboxylic acids is 1. The highest BCUT2D eigenvalue weighted by molar-refractivity contribution is 5.92. The standard InChI is InChI=1S/C13H18N2O2/c1-8-7-15-10(9(2)12(8)17-3)6-11(16)13(14)4-5-13/h7H,4-6,14H2,1-3H3. The fourth-order valence-corrected chi connectivity index (χ4v) is 1.99. The molecule has 0 saturated heterocycles. The van der Waals surface area contributed by atoms with Crippen LogP contribution in [0.2, 0.25) is 0 Å². The van der Waals surface area contributed by atoms with E-state index in [4.69, 9.17) is 10.5 Å². The van der Waals surface area contributed by atoms with Crippen molar-refractivity contribution in [2.24, 2.45) is 5.73 Å². The van der Waals surface area contributed by atoms with E-state index in [1.165, 1.54) is 0 Å². The Kier molecular flexibility index (Phi) is 2.91. The molecule has 0 radical (unpaired) electrons. The second kappa shape index (κ2) is 4.11. The molecule has 0 unspecified atom stereocenters. The van der Waals surface area contributed by atoms with Gasteiger partial charge in [-0.3, -0.25) is 9.78 Å². The van der Waals surface area contributed by atoms with Crippen molar-refractivity contribution in [2.45, 2.75) is 38.6 Å². The number of Topliss-reactive ketones (excluding diaryl/α,β-unsaturated/α-hetero) is 1. The number of hydrogen-bond donors (Lipinski definition) is 1. The first-order valence-corrected chi connectivity index (χ1v) is 5.79. The maximum Gasteiger partial charge on any atom is 0.158 e. The molecule has 1 fully saturated rings. The van der Waals surface area contributed by atoms with E-state index in [-0.39, 0.29) is 5.78 Å². The van der Waals surface area contributed by atoms with Crippen LogP contribution >= 0.6 is 0 Å². The third-order valence-electron chi connectivity index (χ3n) is 3.42. The summed E-state index contributed by atoms with van der Waals surface area (Å²) in [4.78, 5) is 16.2. The molecule has 1 aliphatic carbocycles. The van der Waals surface area contributed by atoms with Crippen LogP contribution in [0.4, 0.5) is 0 Å². The van der Waals surface area contributed by atoms with E-state index in [1.807, 2.05) is 13.8 Å². The zero-order valence-electron chi connectivity index (χ0n) is 10.5. The quantitative estimate of drug-likeness (QED) is 0.853. The van der Waals surface area contributed by atoms with Gasteiger partial charge in [-0.1, -0.05) is 0 Å². The summed E-state index contributed by atoms with van der Waals surface area (Å²) >= 11 is 0. The molecule has 4 heteroatoms. The molecule has 1 saturated carbocycles. The number of nitrogens with zero attached hydrogens (tertiary/aromatic N) is 1. The van der Waals surface area contributed by atoms with E-state index in [9.17, 15) is 4.79 Å². The maximum atomic E-state index is 11.9. The van der Waals surface area contributed by atoms with Gasteiger partial charge in [0.05, 0.1) is 24.8 Å². The Morgan fingerprint density at radius 1 is 1.53 bits per heavy atom. The topological polar surface area (TPSA) is 65.2 Å². The molecule has 0 aromatic carbocycles. The lowest BCUT2D eigenvalue weighted by Gasteiger charge is -2.13. The monoisotopic (exact) mass is 234 g/mol. The molecule has 2 N–H and O–H groups in total. The van der Waals surface area contributed by atoms with Crippen LogP contribution in [0, 0.1) is 13.8 Å². The summed E-state index contributed by atoms with van der Waals surface area (Å²) in [5, 5.41) is 0. The largest absolute Gasteiger partial charge is 0.496 e. The van der Waals surface area contributed by atoms with Crippen LogP contribution in [-0.4, -0.2) is 23.4 Å². The van der Waals surface area contributed by atoms with Gasteiger partial charge in [0, 0.05) is 17.3 Å². The van der Waals surface area contributed by atoms with Gasteiger partial charge in [-0.15, -0.1) is 0 Å². The lowest BCUT2D eigenvalue weighted by atomic mass is 10.0. The minimum atomic E-state index is -0.577. The molecule has 1 aromatic heterocycles. The Labute approximate surface area is 101 Å². The molecular weight excluding hydrogens is 216 g/mol. The number of rotatable bonds is 4. The number of aryl methyl sites for hydroxylation is 1. The van der Waals surface area contributed by atoms with Gasteiger partial charge in [0.1, 0.15) is 5.75 Å². The van der Waals surface area contributed by atoms with Crippen LogP contribution in [0.15, 0.2) is 6.20 Å². The van der Waals surface area contributed by atoms with E-state index in [0.29, 0.717) is 6.42 Å². The van der Waals surface area contributed by atoms with Gasteiger partial charge in [-0.25, -0.2) is 0 Å². The Morgan fingerprint density at radius 2 is 2.18 bits per heavy atom. The summed E-state index contributed by atoms with van der Waals surface area (Å²) in [6.07, 6.45) is 3.64. The van der Waals surface area contributed by atoms with Crippen molar-refractivity contribution in [3.8, 4) is 5.75 Å². The summed E-state index contributed by atoms with van der Waals surface area (Å²) in [7, 11) is 1.63. The first-order chi connectivity index (χ1) is 7.98. The highest BCUT2D eigenvalue weighted by Gasteiger charge is 2.45. The van der Waals surface area contributed by atoms with Crippen LogP contribution in [0.5, 0.6) is 5.75 Å². The highest BCUT2D eigenvalue weighted by atomic mass is 16.5. The van der Waals surface area contributed by atoms with Crippen molar-refractivity contribution < 1.29 is 9.53 Å². The molecule has 0 aliphatic heterocycles. The zero-order valence-corrected chi connectivity index (χ0v) is 10.5. The van der Waals surface area contributed by atoms with Crippen molar-refractivity contribution in [1.82, 2.24) is 4.98 Å². The molecule has 0 atom stereocenters. The van der Waals surface area contributed by atoms with E-state index in [0.717, 1.165) is 35.4 Å². The summed E-state index contributed by atoms with van der Waals surface area (Å²) in [5.41, 5.74) is 7.99. The van der Waals surface area contributed by atoms with Gasteiger partial charge in [0.25, 0.3) is 0 Å². The highest BCUT2D eigenvalue weighted by Crippen LogP contribution is 2.34. The zero-order chi connectivity index (χ0) is 12.6. The first kappa shape index (κ1) is 12.0. The fraction of sp³-hybridized carbons (Fsp3) is 0.538. The molecule has 0 bridgehead atoms. The van der Waals surface area contributed by atoms with Gasteiger partial charge in [-0.05, 0) is 26.7 Å². The lowest BCUT2D eigenvalue weighted by molar-refractivity contribution is -0.120. The number of ketones is 1. The molecule has 1 heterocycles. The van der Waals surface area contributed by atoms with Gasteiger partial charge in [0.2, 0.25) is 0 Å². The number of pyridine rings is 1. The lowest BCUT2D eigenvalue weighted by Crippen LogP contribution is -2.34. The second-order valence-electron chi connectivity index (χ2n) is 4.80. The Balaban J connectivity index is 2.24. The van der Waals surface area contributed by atoms with Crippen molar-refractivity contribution in [3.63, 3.8) is 0 Å². The summed E-state index contributed by atoms with van der Waals surface area (Å²) in [6.45, 7) is 3.87. The van der Waals surface area contributed by atoms with E-state index >= 15 is 0 Å². The van der Waals surface area contributed by atoms with Crippen LogP contribution in [0.3, 0.4) is 0 Å². The van der Waals surface area contributed by atoms with Gasteiger partial charge >= 0.3 is 0 Å². The van der Waals surface area contributed by atoms with Gasteiger partial charge in [0.15, 0.2) is 5.78 Å². The third kappa shape index (κ3) is 2.17. The fourth-order valence-electron chi connectivity index (χ4n) is 1.99. The van der Waals surface area contributed by atoms with Crippen molar-refractivity contribution in [2.75, 3.05) is 7.11 Å². The number of carbonyl (C=O) groups is 1. The number of hydrogen-bond acceptors (Lipinski definition) is 4. The number of nitrogens with two attached hydrogens (primary N) is 1. The van der Waals surface area contributed by atoms with Gasteiger partial charge in [-0.2, -0.15) is 0 Å². The Bertz CT molecular complexity index is 465. The van der Waals surface area contributed by atoms with Gasteiger partial charge < -0.3 is 10.5 Å². The van der Waals surface area contributed by atoms with Crippen molar-refractivity contribution in [1.29, 1.82) is 0 Å². The molecular formula is C13H18N2O2. The summed E-state index contributed by atoms with van der Waals surface area (Å²) in [6, 6.07) is 0. The minimum Gasteiger partial charge on any atom is -0.496 e. The van der Waals surface area contributed by atoms with Crippen LogP contribution < -0.4 is 10.5 Å². The molecule has 17 heavy (non-hydrogen) atoms. The maximum absolute atomic E-state index is 11.9. The Hall–Kier alpha value is -1.42. The molecule has 1 aliphatic rings.